The van der Waals surface area contributed by atoms with Gasteiger partial charge >= 0.3 is 0 Å². The molecule has 0 aliphatic heterocycles. The number of imidazole rings is 1. The molecule has 0 saturated heterocycles. The lowest BCUT2D eigenvalue weighted by atomic mass is 10.3. The van der Waals surface area contributed by atoms with Crippen molar-refractivity contribution in [3.8, 4) is 0 Å². The summed E-state index contributed by atoms with van der Waals surface area (Å²) in [6, 6.07) is 7.65. The van der Waals surface area contributed by atoms with Gasteiger partial charge in [-0.3, -0.25) is 9.36 Å². The van der Waals surface area contributed by atoms with E-state index in [2.05, 4.69) is 4.98 Å². The summed E-state index contributed by atoms with van der Waals surface area (Å²) in [6.45, 7) is 5.66. The number of allylic oxidation sites excluding steroid dienone is 2. The van der Waals surface area contributed by atoms with Crippen LogP contribution in [0.1, 0.15) is 24.5 Å². The number of carbonyl (C=O) groups is 1. The monoisotopic (exact) mass is 214 g/mol. The first-order valence-electron chi connectivity index (χ1n) is 5.23. The first kappa shape index (κ1) is 10.6. The number of fused-ring (bicyclic) bond motifs is 1. The highest BCUT2D eigenvalue weighted by molar-refractivity contribution is 5.97. The largest absolute Gasteiger partial charge is 0.269 e. The molecule has 2 rings (SSSR count). The van der Waals surface area contributed by atoms with Crippen LogP contribution >= 0.6 is 0 Å². The second kappa shape index (κ2) is 3.93. The van der Waals surface area contributed by atoms with Crippen molar-refractivity contribution in [2.24, 2.45) is 0 Å². The average molecular weight is 214 g/mol. The molecule has 0 radical (unpaired) electrons. The molecule has 0 aliphatic rings. The second-order valence-corrected chi connectivity index (χ2v) is 4.04. The van der Waals surface area contributed by atoms with Crippen molar-refractivity contribution in [1.82, 2.24) is 9.55 Å². The van der Waals surface area contributed by atoms with Gasteiger partial charge in [0.25, 0.3) is 5.91 Å². The van der Waals surface area contributed by atoms with Crippen LogP contribution in [-0.4, -0.2) is 15.5 Å². The zero-order valence-corrected chi connectivity index (χ0v) is 9.69. The van der Waals surface area contributed by atoms with E-state index in [1.807, 2.05) is 45.0 Å². The molecule has 0 N–H and O–H groups in total. The van der Waals surface area contributed by atoms with Crippen LogP contribution in [0, 0.1) is 6.92 Å². The van der Waals surface area contributed by atoms with E-state index >= 15 is 0 Å². The molecule has 0 saturated carbocycles. The van der Waals surface area contributed by atoms with E-state index in [0.717, 1.165) is 22.4 Å². The number of hydrogen-bond donors (Lipinski definition) is 0. The molecule has 16 heavy (non-hydrogen) atoms. The SMILES string of the molecule is CC(C)=CC(=O)n1c(C)nc2ccccc21. The van der Waals surface area contributed by atoms with Crippen molar-refractivity contribution in [2.45, 2.75) is 20.8 Å². The Morgan fingerprint density at radius 2 is 2.00 bits per heavy atom. The molecule has 1 aromatic carbocycles. The molecule has 2 aromatic rings. The van der Waals surface area contributed by atoms with Crippen molar-refractivity contribution >= 4 is 16.9 Å². The van der Waals surface area contributed by atoms with Crippen LogP contribution in [0.4, 0.5) is 0 Å². The van der Waals surface area contributed by atoms with Crippen LogP contribution in [0.25, 0.3) is 11.0 Å². The summed E-state index contributed by atoms with van der Waals surface area (Å²) >= 11 is 0. The number of carbonyl (C=O) groups excluding carboxylic acids is 1. The maximum atomic E-state index is 12.0. The summed E-state index contributed by atoms with van der Waals surface area (Å²) < 4.78 is 1.64. The van der Waals surface area contributed by atoms with Gasteiger partial charge in [-0.2, -0.15) is 0 Å². The summed E-state index contributed by atoms with van der Waals surface area (Å²) in [5.41, 5.74) is 2.71. The Morgan fingerprint density at radius 1 is 1.31 bits per heavy atom. The highest BCUT2D eigenvalue weighted by Gasteiger charge is 2.11. The fourth-order valence-corrected chi connectivity index (χ4v) is 1.74. The highest BCUT2D eigenvalue weighted by atomic mass is 16.2. The van der Waals surface area contributed by atoms with Gasteiger partial charge in [-0.15, -0.1) is 0 Å². The van der Waals surface area contributed by atoms with Crippen LogP contribution in [0.5, 0.6) is 0 Å². The van der Waals surface area contributed by atoms with Gasteiger partial charge in [0.15, 0.2) is 0 Å². The molecule has 1 aromatic heterocycles. The smallest absolute Gasteiger partial charge is 0.256 e. The van der Waals surface area contributed by atoms with E-state index in [1.165, 1.54) is 0 Å². The predicted octanol–water partition coefficient (Wildman–Crippen LogP) is 2.95. The fraction of sp³-hybridized carbons (Fsp3) is 0.231. The first-order valence-corrected chi connectivity index (χ1v) is 5.23. The van der Waals surface area contributed by atoms with Crippen molar-refractivity contribution < 1.29 is 4.79 Å². The molecule has 0 aliphatic carbocycles. The third-order valence-corrected chi connectivity index (χ3v) is 2.36. The summed E-state index contributed by atoms with van der Waals surface area (Å²) in [7, 11) is 0. The van der Waals surface area contributed by atoms with E-state index in [4.69, 9.17) is 0 Å². The summed E-state index contributed by atoms with van der Waals surface area (Å²) in [5.74, 6) is 0.690. The zero-order chi connectivity index (χ0) is 11.7. The minimum Gasteiger partial charge on any atom is -0.269 e. The minimum atomic E-state index is -0.0359. The Kier molecular flexibility index (Phi) is 2.60. The molecule has 82 valence electrons. The lowest BCUT2D eigenvalue weighted by molar-refractivity contribution is 0.0970. The number of nitrogens with zero attached hydrogens (tertiary/aromatic N) is 2. The van der Waals surface area contributed by atoms with Crippen LogP contribution < -0.4 is 0 Å². The van der Waals surface area contributed by atoms with Gasteiger partial charge in [0.2, 0.25) is 0 Å². The van der Waals surface area contributed by atoms with Crippen molar-refractivity contribution in [2.75, 3.05) is 0 Å². The molecular weight excluding hydrogens is 200 g/mol. The number of rotatable bonds is 1. The number of aromatic nitrogens is 2. The van der Waals surface area contributed by atoms with Gasteiger partial charge < -0.3 is 0 Å². The van der Waals surface area contributed by atoms with Gasteiger partial charge in [-0.25, -0.2) is 4.98 Å². The van der Waals surface area contributed by atoms with Crippen LogP contribution in [0.3, 0.4) is 0 Å². The van der Waals surface area contributed by atoms with Crippen LogP contribution in [-0.2, 0) is 0 Å². The third kappa shape index (κ3) is 1.76. The average Bonchev–Trinajstić information content (AvgIpc) is 2.52. The van der Waals surface area contributed by atoms with Crippen LogP contribution in [0.15, 0.2) is 35.9 Å². The molecule has 0 spiro atoms. The van der Waals surface area contributed by atoms with E-state index in [9.17, 15) is 4.79 Å². The van der Waals surface area contributed by atoms with Crippen LogP contribution in [0.2, 0.25) is 0 Å². The molecule has 1 heterocycles. The number of benzene rings is 1. The molecule has 0 atom stereocenters. The summed E-state index contributed by atoms with van der Waals surface area (Å²) in [6.07, 6.45) is 1.63. The van der Waals surface area contributed by atoms with Gasteiger partial charge in [0.1, 0.15) is 5.82 Å². The molecular formula is C13H14N2O. The van der Waals surface area contributed by atoms with Gasteiger partial charge in [-0.05, 0) is 32.9 Å². The number of aryl methyl sites for hydroxylation is 1. The van der Waals surface area contributed by atoms with Gasteiger partial charge in [-0.1, -0.05) is 17.7 Å². The standard InChI is InChI=1S/C13H14N2O/c1-9(2)8-13(16)15-10(3)14-11-6-4-5-7-12(11)15/h4-8H,1-3H3. The quantitative estimate of drug-likeness (QED) is 0.684. The Hall–Kier alpha value is -1.90. The Bertz CT molecular complexity index is 575. The fourth-order valence-electron chi connectivity index (χ4n) is 1.74. The molecule has 0 bridgehead atoms. The summed E-state index contributed by atoms with van der Waals surface area (Å²) in [4.78, 5) is 16.4. The maximum Gasteiger partial charge on any atom is 0.256 e. The Morgan fingerprint density at radius 3 is 2.69 bits per heavy atom. The van der Waals surface area contributed by atoms with Crippen molar-refractivity contribution in [3.05, 3.63) is 41.7 Å². The first-order chi connectivity index (χ1) is 7.59. The molecule has 0 fully saturated rings. The summed E-state index contributed by atoms with van der Waals surface area (Å²) in [5, 5.41) is 0. The lowest BCUT2D eigenvalue weighted by Gasteiger charge is -2.01. The molecule has 3 heteroatoms. The lowest BCUT2D eigenvalue weighted by Crippen LogP contribution is -2.09. The van der Waals surface area contributed by atoms with Crippen molar-refractivity contribution in [1.29, 1.82) is 0 Å². The predicted molar refractivity (Wildman–Crippen MR) is 64.5 cm³/mol. The second-order valence-electron chi connectivity index (χ2n) is 4.04. The zero-order valence-electron chi connectivity index (χ0n) is 9.69. The molecule has 3 nitrogen and oxygen atoms in total. The van der Waals surface area contributed by atoms with Gasteiger partial charge in [0.05, 0.1) is 11.0 Å². The van der Waals surface area contributed by atoms with E-state index in [1.54, 1.807) is 10.6 Å². The number of para-hydroxylation sites is 2. The minimum absolute atomic E-state index is 0.0359. The maximum absolute atomic E-state index is 12.0. The highest BCUT2D eigenvalue weighted by Crippen LogP contribution is 2.15. The normalized spacial score (nSPS) is 10.4. The van der Waals surface area contributed by atoms with E-state index in [0.29, 0.717) is 0 Å². The number of hydrogen-bond acceptors (Lipinski definition) is 2. The van der Waals surface area contributed by atoms with E-state index < -0.39 is 0 Å². The topological polar surface area (TPSA) is 34.9 Å². The van der Waals surface area contributed by atoms with E-state index in [-0.39, 0.29) is 5.91 Å². The van der Waals surface area contributed by atoms with Gasteiger partial charge in [0, 0.05) is 6.08 Å². The Balaban J connectivity index is 2.64. The molecule has 0 unspecified atom stereocenters. The third-order valence-electron chi connectivity index (χ3n) is 2.36. The Labute approximate surface area is 94.4 Å². The van der Waals surface area contributed by atoms with Crippen molar-refractivity contribution in [3.63, 3.8) is 0 Å². The molecule has 0 amide bonds.